The second-order valence-electron chi connectivity index (χ2n) is 5.99. The number of benzene rings is 1. The SMILES string of the molecule is Cc1cc([C@@H](C)N)c2nc(-c3sc(C)nc3C)n(C)c(=O)c2c1. The smallest absolute Gasteiger partial charge is 0.261 e. The van der Waals surface area contributed by atoms with E-state index in [-0.39, 0.29) is 11.6 Å². The van der Waals surface area contributed by atoms with Gasteiger partial charge in [-0.1, -0.05) is 6.07 Å². The Hall–Kier alpha value is -2.05. The molecular formula is C17H20N4OS. The van der Waals surface area contributed by atoms with E-state index in [9.17, 15) is 4.79 Å². The molecular weight excluding hydrogens is 308 g/mol. The highest BCUT2D eigenvalue weighted by Gasteiger charge is 2.18. The van der Waals surface area contributed by atoms with E-state index in [2.05, 4.69) is 4.98 Å². The number of rotatable bonds is 2. The normalized spacial score (nSPS) is 12.8. The number of nitrogens with zero attached hydrogens (tertiary/aromatic N) is 3. The van der Waals surface area contributed by atoms with E-state index in [1.165, 1.54) is 0 Å². The molecule has 0 saturated heterocycles. The molecule has 1 atom stereocenters. The lowest BCUT2D eigenvalue weighted by Gasteiger charge is -2.14. The van der Waals surface area contributed by atoms with Gasteiger partial charge < -0.3 is 5.73 Å². The number of hydrogen-bond acceptors (Lipinski definition) is 5. The van der Waals surface area contributed by atoms with Crippen molar-refractivity contribution < 1.29 is 0 Å². The van der Waals surface area contributed by atoms with E-state index >= 15 is 0 Å². The molecule has 0 radical (unpaired) electrons. The first kappa shape index (κ1) is 15.8. The van der Waals surface area contributed by atoms with E-state index in [4.69, 9.17) is 10.7 Å². The van der Waals surface area contributed by atoms with Gasteiger partial charge in [0.15, 0.2) is 5.82 Å². The first-order valence-electron chi connectivity index (χ1n) is 7.51. The van der Waals surface area contributed by atoms with Crippen LogP contribution < -0.4 is 11.3 Å². The molecule has 0 aliphatic carbocycles. The van der Waals surface area contributed by atoms with Crippen LogP contribution in [0.25, 0.3) is 21.6 Å². The molecule has 3 rings (SSSR count). The summed E-state index contributed by atoms with van der Waals surface area (Å²) < 4.78 is 1.60. The molecule has 2 N–H and O–H groups in total. The van der Waals surface area contributed by atoms with Gasteiger partial charge in [-0.15, -0.1) is 11.3 Å². The van der Waals surface area contributed by atoms with Crippen molar-refractivity contribution in [3.63, 3.8) is 0 Å². The number of nitrogens with two attached hydrogens (primary N) is 1. The van der Waals surface area contributed by atoms with Gasteiger partial charge in [-0.25, -0.2) is 9.97 Å². The van der Waals surface area contributed by atoms with Crippen LogP contribution >= 0.6 is 11.3 Å². The van der Waals surface area contributed by atoms with Gasteiger partial charge in [0, 0.05) is 13.1 Å². The third-order valence-electron chi connectivity index (χ3n) is 3.95. The lowest BCUT2D eigenvalue weighted by atomic mass is 10.0. The van der Waals surface area contributed by atoms with E-state index in [0.717, 1.165) is 26.7 Å². The van der Waals surface area contributed by atoms with Gasteiger partial charge in [-0.2, -0.15) is 0 Å². The molecule has 0 spiro atoms. The summed E-state index contributed by atoms with van der Waals surface area (Å²) in [7, 11) is 1.76. The van der Waals surface area contributed by atoms with Crippen LogP contribution in [0.15, 0.2) is 16.9 Å². The van der Waals surface area contributed by atoms with E-state index in [0.29, 0.717) is 16.7 Å². The van der Waals surface area contributed by atoms with Gasteiger partial charge in [0.25, 0.3) is 5.56 Å². The van der Waals surface area contributed by atoms with E-state index in [1.54, 1.807) is 23.0 Å². The quantitative estimate of drug-likeness (QED) is 0.785. The summed E-state index contributed by atoms with van der Waals surface area (Å²) in [6.45, 7) is 7.78. The van der Waals surface area contributed by atoms with Crippen LogP contribution in [0.4, 0.5) is 0 Å². The fraction of sp³-hybridized carbons (Fsp3) is 0.353. The summed E-state index contributed by atoms with van der Waals surface area (Å²) in [4.78, 5) is 23.0. The molecule has 0 saturated carbocycles. The van der Waals surface area contributed by atoms with Crippen molar-refractivity contribution in [2.45, 2.75) is 33.7 Å². The maximum absolute atomic E-state index is 12.8. The van der Waals surface area contributed by atoms with Crippen LogP contribution in [-0.4, -0.2) is 14.5 Å². The first-order chi connectivity index (χ1) is 10.8. The molecule has 0 aliphatic rings. The van der Waals surface area contributed by atoms with E-state index < -0.39 is 0 Å². The molecule has 1 aromatic carbocycles. The van der Waals surface area contributed by atoms with Crippen molar-refractivity contribution in [2.24, 2.45) is 12.8 Å². The Morgan fingerprint density at radius 3 is 2.48 bits per heavy atom. The first-order valence-corrected chi connectivity index (χ1v) is 8.32. The highest BCUT2D eigenvalue weighted by atomic mass is 32.1. The average molecular weight is 328 g/mol. The van der Waals surface area contributed by atoms with Crippen LogP contribution in [-0.2, 0) is 7.05 Å². The molecule has 3 aromatic rings. The largest absolute Gasteiger partial charge is 0.324 e. The summed E-state index contributed by atoms with van der Waals surface area (Å²) in [5.74, 6) is 0.649. The predicted octanol–water partition coefficient (Wildman–Crippen LogP) is 3.00. The second-order valence-corrected chi connectivity index (χ2v) is 7.19. The van der Waals surface area contributed by atoms with Gasteiger partial charge in [0.2, 0.25) is 0 Å². The topological polar surface area (TPSA) is 73.8 Å². The van der Waals surface area contributed by atoms with E-state index in [1.807, 2.05) is 39.8 Å². The third kappa shape index (κ3) is 2.58. The zero-order valence-corrected chi connectivity index (χ0v) is 14.8. The van der Waals surface area contributed by atoms with Gasteiger partial charge in [0.05, 0.1) is 26.5 Å². The molecule has 2 heterocycles. The number of thiazole rings is 1. The molecule has 0 bridgehead atoms. The fourth-order valence-corrected chi connectivity index (χ4v) is 3.79. The van der Waals surface area contributed by atoms with Gasteiger partial charge in [0.1, 0.15) is 0 Å². The Bertz CT molecular complexity index is 969. The maximum atomic E-state index is 12.8. The summed E-state index contributed by atoms with van der Waals surface area (Å²) >= 11 is 1.55. The van der Waals surface area contributed by atoms with Crippen LogP contribution in [0.3, 0.4) is 0 Å². The Kier molecular flexibility index (Phi) is 3.82. The summed E-state index contributed by atoms with van der Waals surface area (Å²) in [5.41, 5.74) is 9.54. The molecule has 0 aliphatic heterocycles. The minimum absolute atomic E-state index is 0.0546. The van der Waals surface area contributed by atoms with Crippen LogP contribution in [0.2, 0.25) is 0 Å². The summed E-state index contributed by atoms with van der Waals surface area (Å²) in [6, 6.07) is 3.70. The molecule has 120 valence electrons. The van der Waals surface area contributed by atoms with Crippen molar-refractivity contribution in [3.8, 4) is 10.7 Å². The monoisotopic (exact) mass is 328 g/mol. The van der Waals surface area contributed by atoms with Crippen LogP contribution in [0.5, 0.6) is 0 Å². The highest BCUT2D eigenvalue weighted by molar-refractivity contribution is 7.15. The molecule has 2 aromatic heterocycles. The minimum Gasteiger partial charge on any atom is -0.324 e. The predicted molar refractivity (Wildman–Crippen MR) is 94.9 cm³/mol. The zero-order valence-electron chi connectivity index (χ0n) is 14.0. The lowest BCUT2D eigenvalue weighted by Crippen LogP contribution is -2.21. The Morgan fingerprint density at radius 2 is 1.91 bits per heavy atom. The molecule has 5 nitrogen and oxygen atoms in total. The Balaban J connectivity index is 2.44. The number of aryl methyl sites for hydroxylation is 3. The lowest BCUT2D eigenvalue weighted by molar-refractivity contribution is 0.814. The Labute approximate surface area is 138 Å². The number of aromatic nitrogens is 3. The summed E-state index contributed by atoms with van der Waals surface area (Å²) in [5, 5.41) is 1.57. The molecule has 0 fully saturated rings. The molecule has 6 heteroatoms. The number of fused-ring (bicyclic) bond motifs is 1. The average Bonchev–Trinajstić information content (AvgIpc) is 2.81. The van der Waals surface area contributed by atoms with Crippen molar-refractivity contribution in [1.82, 2.24) is 14.5 Å². The van der Waals surface area contributed by atoms with Crippen LogP contribution in [0.1, 0.15) is 34.8 Å². The fourth-order valence-electron chi connectivity index (χ4n) is 2.84. The second kappa shape index (κ2) is 5.54. The van der Waals surface area contributed by atoms with Crippen molar-refractivity contribution in [2.75, 3.05) is 0 Å². The minimum atomic E-state index is -0.186. The number of hydrogen-bond donors (Lipinski definition) is 1. The van der Waals surface area contributed by atoms with Crippen molar-refractivity contribution >= 4 is 22.2 Å². The Morgan fingerprint density at radius 1 is 1.22 bits per heavy atom. The van der Waals surface area contributed by atoms with Crippen molar-refractivity contribution in [3.05, 3.63) is 44.3 Å². The molecule has 23 heavy (non-hydrogen) atoms. The highest BCUT2D eigenvalue weighted by Crippen LogP contribution is 2.30. The van der Waals surface area contributed by atoms with Crippen molar-refractivity contribution in [1.29, 1.82) is 0 Å². The van der Waals surface area contributed by atoms with Gasteiger partial charge in [-0.3, -0.25) is 9.36 Å². The van der Waals surface area contributed by atoms with Gasteiger partial charge in [-0.05, 0) is 44.9 Å². The summed E-state index contributed by atoms with van der Waals surface area (Å²) in [6.07, 6.45) is 0. The van der Waals surface area contributed by atoms with Crippen LogP contribution in [0, 0.1) is 20.8 Å². The third-order valence-corrected chi connectivity index (χ3v) is 5.02. The molecule has 0 unspecified atom stereocenters. The standard InChI is InChI=1S/C17H20N4OS/c1-8-6-12(9(2)18)14-13(7-8)17(22)21(5)16(20-14)15-10(3)19-11(4)23-15/h6-7,9H,18H2,1-5H3/t9-/m1/s1. The van der Waals surface area contributed by atoms with Gasteiger partial charge >= 0.3 is 0 Å². The zero-order chi connectivity index (χ0) is 16.9. The maximum Gasteiger partial charge on any atom is 0.261 e. The molecule has 0 amide bonds.